The largest absolute Gasteiger partial charge is 0.213 e. The molecular formula is C7H13NO2S. The summed E-state index contributed by atoms with van der Waals surface area (Å²) < 4.78 is 23.6. The Morgan fingerprint density at radius 3 is 2.00 bits per heavy atom. The number of rotatable bonds is 1. The van der Waals surface area contributed by atoms with Crippen molar-refractivity contribution in [2.24, 2.45) is 0 Å². The van der Waals surface area contributed by atoms with Crippen LogP contribution >= 0.6 is 0 Å². The molecule has 3 nitrogen and oxygen atoms in total. The van der Waals surface area contributed by atoms with Gasteiger partial charge in [-0.15, -0.1) is 0 Å². The van der Waals surface area contributed by atoms with E-state index in [0.29, 0.717) is 13.1 Å². The number of hydrogen-bond donors (Lipinski definition) is 0. The molecule has 4 heteroatoms. The van der Waals surface area contributed by atoms with Gasteiger partial charge in [-0.05, 0) is 12.8 Å². The Morgan fingerprint density at radius 1 is 1.18 bits per heavy atom. The molecule has 1 aliphatic rings. The first kappa shape index (κ1) is 8.74. The van der Waals surface area contributed by atoms with Crippen LogP contribution in [0.25, 0.3) is 0 Å². The second-order valence-corrected chi connectivity index (χ2v) is 4.69. The third kappa shape index (κ3) is 2.63. The van der Waals surface area contributed by atoms with Crippen LogP contribution in [0.5, 0.6) is 0 Å². The monoisotopic (exact) mass is 175 g/mol. The van der Waals surface area contributed by atoms with Crippen LogP contribution in [0.1, 0.15) is 12.8 Å². The van der Waals surface area contributed by atoms with Crippen LogP contribution in [0.15, 0.2) is 12.2 Å². The molecule has 0 saturated heterocycles. The van der Waals surface area contributed by atoms with E-state index < -0.39 is 10.0 Å². The standard InChI is InChI=1S/C7H13NO2S/c1-11(9,10)8-6-4-2-3-5-7-8/h2-3H,4-7H2,1H3. The van der Waals surface area contributed by atoms with Crippen molar-refractivity contribution in [3.8, 4) is 0 Å². The van der Waals surface area contributed by atoms with Crippen molar-refractivity contribution in [2.45, 2.75) is 12.8 Å². The van der Waals surface area contributed by atoms with Gasteiger partial charge in [0.15, 0.2) is 0 Å². The van der Waals surface area contributed by atoms with Crippen LogP contribution in [0, 0.1) is 0 Å². The fourth-order valence-corrected chi connectivity index (χ4v) is 1.99. The summed E-state index contributed by atoms with van der Waals surface area (Å²) in [6, 6.07) is 0. The molecule has 1 rings (SSSR count). The Hall–Kier alpha value is -0.350. The Kier molecular flexibility index (Phi) is 2.67. The van der Waals surface area contributed by atoms with E-state index in [-0.39, 0.29) is 0 Å². The highest BCUT2D eigenvalue weighted by atomic mass is 32.2. The fraction of sp³-hybridized carbons (Fsp3) is 0.714. The maximum absolute atomic E-state index is 11.0. The van der Waals surface area contributed by atoms with Gasteiger partial charge in [0.25, 0.3) is 0 Å². The lowest BCUT2D eigenvalue weighted by Gasteiger charge is -2.16. The third-order valence-corrected chi connectivity index (χ3v) is 3.03. The Bertz CT molecular complexity index is 233. The summed E-state index contributed by atoms with van der Waals surface area (Å²) in [5.74, 6) is 0. The van der Waals surface area contributed by atoms with Crippen LogP contribution in [0.4, 0.5) is 0 Å². The van der Waals surface area contributed by atoms with Gasteiger partial charge < -0.3 is 0 Å². The van der Waals surface area contributed by atoms with Gasteiger partial charge in [0.1, 0.15) is 0 Å². The minimum atomic E-state index is -2.96. The van der Waals surface area contributed by atoms with Crippen molar-refractivity contribution in [3.05, 3.63) is 12.2 Å². The summed E-state index contributed by atoms with van der Waals surface area (Å²) in [4.78, 5) is 0. The average Bonchev–Trinajstić information content (AvgIpc) is 2.10. The zero-order valence-electron chi connectivity index (χ0n) is 6.66. The lowest BCUT2D eigenvalue weighted by atomic mass is 10.4. The van der Waals surface area contributed by atoms with Gasteiger partial charge in [-0.2, -0.15) is 0 Å². The van der Waals surface area contributed by atoms with E-state index in [1.54, 1.807) is 0 Å². The van der Waals surface area contributed by atoms with Crippen LogP contribution < -0.4 is 0 Å². The van der Waals surface area contributed by atoms with E-state index in [4.69, 9.17) is 0 Å². The van der Waals surface area contributed by atoms with Gasteiger partial charge in [-0.25, -0.2) is 12.7 Å². The molecule has 1 aliphatic heterocycles. The second kappa shape index (κ2) is 3.36. The molecule has 0 saturated carbocycles. The predicted octanol–water partition coefficient (Wildman–Crippen LogP) is 0.598. The maximum atomic E-state index is 11.0. The zero-order chi connectivity index (χ0) is 8.32. The minimum absolute atomic E-state index is 0.634. The molecule has 0 aromatic heterocycles. The first-order chi connectivity index (χ1) is 5.11. The van der Waals surface area contributed by atoms with E-state index in [1.807, 2.05) is 12.2 Å². The molecule has 0 amide bonds. The average molecular weight is 175 g/mol. The molecule has 11 heavy (non-hydrogen) atoms. The molecule has 64 valence electrons. The van der Waals surface area contributed by atoms with E-state index in [2.05, 4.69) is 0 Å². The van der Waals surface area contributed by atoms with Crippen molar-refractivity contribution >= 4 is 10.0 Å². The lowest BCUT2D eigenvalue weighted by Crippen LogP contribution is -2.30. The first-order valence-electron chi connectivity index (χ1n) is 3.71. The van der Waals surface area contributed by atoms with Crippen LogP contribution in [-0.4, -0.2) is 32.1 Å². The van der Waals surface area contributed by atoms with Crippen molar-refractivity contribution in [1.82, 2.24) is 4.31 Å². The Balaban J connectivity index is 2.62. The summed E-state index contributed by atoms with van der Waals surface area (Å²) in [5.41, 5.74) is 0. The van der Waals surface area contributed by atoms with Crippen LogP contribution in [-0.2, 0) is 10.0 Å². The number of nitrogens with zero attached hydrogens (tertiary/aromatic N) is 1. The van der Waals surface area contributed by atoms with Crippen molar-refractivity contribution in [3.63, 3.8) is 0 Å². The van der Waals surface area contributed by atoms with Gasteiger partial charge in [-0.3, -0.25) is 0 Å². The summed E-state index contributed by atoms with van der Waals surface area (Å²) in [6.45, 7) is 1.27. The summed E-state index contributed by atoms with van der Waals surface area (Å²) in [7, 11) is -2.96. The van der Waals surface area contributed by atoms with E-state index in [9.17, 15) is 8.42 Å². The Morgan fingerprint density at radius 2 is 1.64 bits per heavy atom. The molecular weight excluding hydrogens is 162 g/mol. The highest BCUT2D eigenvalue weighted by Gasteiger charge is 2.15. The van der Waals surface area contributed by atoms with Gasteiger partial charge in [0.2, 0.25) is 10.0 Å². The van der Waals surface area contributed by atoms with E-state index in [0.717, 1.165) is 12.8 Å². The SMILES string of the molecule is CS(=O)(=O)N1CCC=CCC1. The molecule has 0 unspecified atom stereocenters. The van der Waals surface area contributed by atoms with E-state index in [1.165, 1.54) is 10.6 Å². The van der Waals surface area contributed by atoms with Crippen molar-refractivity contribution in [1.29, 1.82) is 0 Å². The molecule has 0 aliphatic carbocycles. The smallest absolute Gasteiger partial charge is 0.211 e. The van der Waals surface area contributed by atoms with Crippen LogP contribution in [0.2, 0.25) is 0 Å². The van der Waals surface area contributed by atoms with Gasteiger partial charge in [-0.1, -0.05) is 12.2 Å². The zero-order valence-corrected chi connectivity index (χ0v) is 7.47. The molecule has 0 aromatic rings. The molecule has 1 heterocycles. The van der Waals surface area contributed by atoms with Crippen molar-refractivity contribution in [2.75, 3.05) is 19.3 Å². The summed E-state index contributed by atoms with van der Waals surface area (Å²) >= 11 is 0. The fourth-order valence-electron chi connectivity index (χ4n) is 1.12. The van der Waals surface area contributed by atoms with Gasteiger partial charge in [0, 0.05) is 13.1 Å². The van der Waals surface area contributed by atoms with Crippen LogP contribution in [0.3, 0.4) is 0 Å². The summed E-state index contributed by atoms with van der Waals surface area (Å²) in [5, 5.41) is 0. The predicted molar refractivity (Wildman–Crippen MR) is 44.8 cm³/mol. The van der Waals surface area contributed by atoms with E-state index >= 15 is 0 Å². The van der Waals surface area contributed by atoms with Gasteiger partial charge >= 0.3 is 0 Å². The minimum Gasteiger partial charge on any atom is -0.213 e. The summed E-state index contributed by atoms with van der Waals surface area (Å²) in [6.07, 6.45) is 7.01. The highest BCUT2D eigenvalue weighted by molar-refractivity contribution is 7.88. The molecule has 0 bridgehead atoms. The third-order valence-electron chi connectivity index (χ3n) is 1.73. The second-order valence-electron chi connectivity index (χ2n) is 2.71. The number of sulfonamides is 1. The molecule has 0 atom stereocenters. The molecule has 0 spiro atoms. The van der Waals surface area contributed by atoms with Gasteiger partial charge in [0.05, 0.1) is 6.26 Å². The number of hydrogen-bond acceptors (Lipinski definition) is 2. The molecule has 0 radical (unpaired) electrons. The van der Waals surface area contributed by atoms with Crippen molar-refractivity contribution < 1.29 is 8.42 Å². The first-order valence-corrected chi connectivity index (χ1v) is 5.55. The topological polar surface area (TPSA) is 37.4 Å². The molecule has 0 fully saturated rings. The molecule has 0 N–H and O–H groups in total. The Labute approximate surface area is 67.8 Å². The quantitative estimate of drug-likeness (QED) is 0.547. The molecule has 0 aromatic carbocycles. The normalized spacial score (nSPS) is 21.5. The lowest BCUT2D eigenvalue weighted by molar-refractivity contribution is 0.433. The maximum Gasteiger partial charge on any atom is 0.211 e. The highest BCUT2D eigenvalue weighted by Crippen LogP contribution is 2.06.